The summed E-state index contributed by atoms with van der Waals surface area (Å²) in [6.07, 6.45) is 1.63. The Balaban J connectivity index is 3.00. The first-order valence-electron chi connectivity index (χ1n) is 1.40. The normalized spacial score (nSPS) is 8.00. The second-order valence-electron chi connectivity index (χ2n) is 0.668. The van der Waals surface area contributed by atoms with Gasteiger partial charge < -0.3 is 0 Å². The summed E-state index contributed by atoms with van der Waals surface area (Å²) in [6.45, 7) is 0. The zero-order chi connectivity index (χ0) is 4.24. The van der Waals surface area contributed by atoms with Crippen LogP contribution in [0.1, 0.15) is 0 Å². The van der Waals surface area contributed by atoms with Crippen molar-refractivity contribution in [2.45, 2.75) is 0 Å². The van der Waals surface area contributed by atoms with Crippen LogP contribution < -0.4 is 0 Å². The van der Waals surface area contributed by atoms with Crippen molar-refractivity contribution in [2.75, 3.05) is 0 Å². The number of aromatic nitrogens is 1. The first-order chi connectivity index (χ1) is 3.00. The van der Waals surface area contributed by atoms with Gasteiger partial charge in [-0.1, -0.05) is 0 Å². The first-order valence-corrected chi connectivity index (χ1v) is 2.20. The average Bonchev–Trinajstić information content (AvgIpc) is 1.72. The monoisotopic (exact) mass is 105 g/mol. The molecule has 1 aromatic rings. The minimum atomic E-state index is 1.13. The van der Waals surface area contributed by atoms with Gasteiger partial charge in [0.2, 0.25) is 0 Å². The van der Waals surface area contributed by atoms with E-state index in [9.17, 15) is 0 Å². The third-order valence-electron chi connectivity index (χ3n) is 0.313. The van der Waals surface area contributed by atoms with E-state index in [1.807, 2.05) is 0 Å². The van der Waals surface area contributed by atoms with Crippen LogP contribution in [-0.4, -0.2) is 5.16 Å². The van der Waals surface area contributed by atoms with E-state index in [0.717, 1.165) is 11.6 Å². The molecule has 0 unspecified atom stereocenters. The molecule has 0 saturated carbocycles. The summed E-state index contributed by atoms with van der Waals surface area (Å²) in [5.74, 6) is 0. The number of hydrogen-bond acceptors (Lipinski definition) is 3. The third kappa shape index (κ3) is 0.651. The molecule has 4 heteroatoms. The van der Waals surface area contributed by atoms with Gasteiger partial charge in [-0.2, -0.15) is 9.84 Å². The molecule has 1 rings (SSSR count). The number of rotatable bonds is 0. The van der Waals surface area contributed by atoms with Gasteiger partial charge >= 0.3 is 0 Å². The molecule has 0 bridgehead atoms. The van der Waals surface area contributed by atoms with Gasteiger partial charge in [-0.25, -0.2) is 4.01 Å². The van der Waals surface area contributed by atoms with E-state index in [-0.39, 0.29) is 0 Å². The second kappa shape index (κ2) is 1.71. The molecule has 0 aliphatic heterocycles. The molecular weight excluding hydrogens is 102 g/mol. The van der Waals surface area contributed by atoms with Crippen LogP contribution in [0.2, 0.25) is 0 Å². The molecule has 0 fully saturated rings. The van der Waals surface area contributed by atoms with Crippen molar-refractivity contribution in [1.82, 2.24) is 5.16 Å². The van der Waals surface area contributed by atoms with E-state index >= 15 is 0 Å². The van der Waals surface area contributed by atoms with Crippen molar-refractivity contribution in [3.8, 4) is 0 Å². The Labute approximate surface area is 38.0 Å². The molecule has 34 valence electrons. The molecule has 0 aromatic carbocycles. The lowest BCUT2D eigenvalue weighted by Crippen LogP contribution is -1.55. The molecule has 6 heavy (non-hydrogen) atoms. The standard InChI is InChI=1S/C2H3NO2S/c1-2-6-5-4-3-1/h1-3H. The molecule has 1 aromatic heterocycles. The summed E-state index contributed by atoms with van der Waals surface area (Å²) < 4.78 is 8.48. The van der Waals surface area contributed by atoms with Gasteiger partial charge in [0.15, 0.2) is 0 Å². The Morgan fingerprint density at radius 2 is 2.67 bits per heavy atom. The Hall–Kier alpha value is -0.640. The van der Waals surface area contributed by atoms with Gasteiger partial charge in [0.1, 0.15) is 0 Å². The molecule has 0 saturated heterocycles. The zero-order valence-corrected chi connectivity index (χ0v) is 3.70. The second-order valence-corrected chi connectivity index (χ2v) is 1.27. The summed E-state index contributed by atoms with van der Waals surface area (Å²) in [4.78, 5) is 0. The quantitative estimate of drug-likeness (QED) is 0.506. The fourth-order valence-electron chi connectivity index (χ4n) is 0.145. The molecule has 1 N–H and O–H groups in total. The Morgan fingerprint density at radius 3 is 2.83 bits per heavy atom. The highest BCUT2D eigenvalue weighted by Gasteiger charge is 1.59. The van der Waals surface area contributed by atoms with Crippen LogP contribution in [0.25, 0.3) is 0 Å². The zero-order valence-electron chi connectivity index (χ0n) is 2.88. The molecule has 0 radical (unpaired) electrons. The molecule has 0 aliphatic carbocycles. The van der Waals surface area contributed by atoms with Crippen LogP contribution in [0.3, 0.4) is 0 Å². The molecule has 3 nitrogen and oxygen atoms in total. The maximum atomic E-state index is 4.29. The Kier molecular flexibility index (Phi) is 1.01. The van der Waals surface area contributed by atoms with Gasteiger partial charge in [0, 0.05) is 0 Å². The SMILES string of the molecule is c1csoo[nH]1. The van der Waals surface area contributed by atoms with Crippen molar-refractivity contribution in [3.63, 3.8) is 0 Å². The predicted molar refractivity (Wildman–Crippen MR) is 20.8 cm³/mol. The predicted octanol–water partition coefficient (Wildman–Crippen LogP) is 1.39. The van der Waals surface area contributed by atoms with Crippen LogP contribution in [-0.2, 0) is 0 Å². The highest BCUT2D eigenvalue weighted by molar-refractivity contribution is 7.00. The van der Waals surface area contributed by atoms with Crippen molar-refractivity contribution < 1.29 is 8.69 Å². The van der Waals surface area contributed by atoms with Crippen LogP contribution in [0.15, 0.2) is 20.3 Å². The lowest BCUT2D eigenvalue weighted by Gasteiger charge is -1.71. The minimum absolute atomic E-state index is 1.13. The maximum Gasteiger partial charge on any atom is 0.0912 e. The molecule has 0 atom stereocenters. The van der Waals surface area contributed by atoms with Gasteiger partial charge in [-0.15, -0.1) is 0 Å². The number of hydrogen-bond donors (Lipinski definition) is 1. The van der Waals surface area contributed by atoms with Crippen molar-refractivity contribution in [1.29, 1.82) is 0 Å². The number of nitrogens with one attached hydrogen (secondary N) is 1. The molecule has 1 heterocycles. The van der Waals surface area contributed by atoms with E-state index in [4.69, 9.17) is 0 Å². The number of H-pyrrole nitrogens is 1. The largest absolute Gasteiger partial charge is 0.204 e. The summed E-state index contributed by atoms with van der Waals surface area (Å²) in [5.41, 5.74) is 0. The summed E-state index contributed by atoms with van der Waals surface area (Å²) in [6, 6.07) is 0. The smallest absolute Gasteiger partial charge is 0.0912 e. The van der Waals surface area contributed by atoms with Crippen LogP contribution in [0.5, 0.6) is 0 Å². The first kappa shape index (κ1) is 3.55. The molecular formula is C2H3NO2S. The van der Waals surface area contributed by atoms with Crippen LogP contribution in [0.4, 0.5) is 0 Å². The van der Waals surface area contributed by atoms with Crippen molar-refractivity contribution in [2.24, 2.45) is 0 Å². The van der Waals surface area contributed by atoms with Crippen molar-refractivity contribution >= 4 is 11.6 Å². The van der Waals surface area contributed by atoms with E-state index in [2.05, 4.69) is 13.8 Å². The molecule has 0 amide bonds. The highest BCUT2D eigenvalue weighted by atomic mass is 32.1. The van der Waals surface area contributed by atoms with E-state index < -0.39 is 0 Å². The highest BCUT2D eigenvalue weighted by Crippen LogP contribution is 1.86. The minimum Gasteiger partial charge on any atom is -0.204 e. The third-order valence-corrected chi connectivity index (χ3v) is 0.707. The fraction of sp³-hybridized carbons (Fsp3) is 0. The van der Waals surface area contributed by atoms with Gasteiger partial charge in [0.25, 0.3) is 0 Å². The van der Waals surface area contributed by atoms with E-state index in [1.54, 1.807) is 11.6 Å². The van der Waals surface area contributed by atoms with E-state index in [0.29, 0.717) is 0 Å². The number of aromatic amines is 1. The summed E-state index contributed by atoms with van der Waals surface area (Å²) >= 11 is 1.13. The van der Waals surface area contributed by atoms with Gasteiger partial charge in [0.05, 0.1) is 23.2 Å². The summed E-state index contributed by atoms with van der Waals surface area (Å²) in [7, 11) is 0. The molecule has 0 spiro atoms. The van der Waals surface area contributed by atoms with Crippen LogP contribution in [0, 0.1) is 0 Å². The lowest BCUT2D eigenvalue weighted by atomic mass is 11.1. The van der Waals surface area contributed by atoms with E-state index in [1.165, 1.54) is 0 Å². The Morgan fingerprint density at radius 1 is 1.67 bits per heavy atom. The summed E-state index contributed by atoms with van der Waals surface area (Å²) in [5, 5.41) is 4.09. The maximum absolute atomic E-state index is 4.29. The van der Waals surface area contributed by atoms with Crippen LogP contribution >= 0.6 is 11.6 Å². The average molecular weight is 105 g/mol. The van der Waals surface area contributed by atoms with Gasteiger partial charge in [-0.05, 0) is 0 Å². The van der Waals surface area contributed by atoms with Crippen molar-refractivity contribution in [3.05, 3.63) is 11.6 Å². The van der Waals surface area contributed by atoms with Gasteiger partial charge in [-0.3, -0.25) is 0 Å². The Bertz CT molecular complexity index is 83.5. The topological polar surface area (TPSA) is 42.1 Å². The lowest BCUT2D eigenvalue weighted by molar-refractivity contribution is 0.0307. The molecule has 0 aliphatic rings. The fourth-order valence-corrected chi connectivity index (χ4v) is 0.380.